The molecule has 0 radical (unpaired) electrons. The first kappa shape index (κ1) is 12.3. The minimum Gasteiger partial charge on any atom is -0.380 e. The fraction of sp³-hybridized carbons (Fsp3) is 0.889. The zero-order valence-corrected chi connectivity index (χ0v) is 8.50. The van der Waals surface area contributed by atoms with Crippen LogP contribution in [0.25, 0.3) is 0 Å². The maximum atomic E-state index is 8.12. The minimum atomic E-state index is 0.250. The first-order chi connectivity index (χ1) is 6.22. The molecule has 4 heteroatoms. The van der Waals surface area contributed by atoms with Gasteiger partial charge in [0.15, 0.2) is 0 Å². The smallest absolute Gasteiger partial charge is 0.373 e. The maximum Gasteiger partial charge on any atom is 0.373 e. The van der Waals surface area contributed by atoms with Gasteiger partial charge in [-0.05, 0) is 7.05 Å². The Morgan fingerprint density at radius 2 is 1.62 bits per heavy atom. The molecule has 0 amide bonds. The van der Waals surface area contributed by atoms with Gasteiger partial charge in [-0.25, -0.2) is 0 Å². The van der Waals surface area contributed by atoms with E-state index in [1.165, 1.54) is 13.1 Å². The molecule has 2 heterocycles. The molecule has 2 aliphatic rings. The average molecular weight is 187 g/mol. The molecule has 0 bridgehead atoms. The van der Waals surface area contributed by atoms with Crippen molar-refractivity contribution in [2.45, 2.75) is 13.8 Å². The fourth-order valence-corrected chi connectivity index (χ4v) is 1.67. The Labute approximate surface area is 78.9 Å². The third-order valence-electron chi connectivity index (χ3n) is 2.03. The molecule has 0 atom stereocenters. The molecule has 2 rings (SSSR count). The highest BCUT2D eigenvalue weighted by Crippen LogP contribution is 2.35. The van der Waals surface area contributed by atoms with E-state index in [-0.39, 0.29) is 6.15 Å². The number of ether oxygens (including phenoxy) is 1. The van der Waals surface area contributed by atoms with E-state index in [9.17, 15) is 0 Å². The van der Waals surface area contributed by atoms with Crippen LogP contribution in [0.5, 0.6) is 0 Å². The first-order valence-corrected chi connectivity index (χ1v) is 4.48. The summed E-state index contributed by atoms with van der Waals surface area (Å²) in [6, 6.07) is 0. The van der Waals surface area contributed by atoms with E-state index in [2.05, 4.69) is 11.9 Å². The highest BCUT2D eigenvalue weighted by molar-refractivity contribution is 5.20. The average Bonchev–Trinajstić information content (AvgIpc) is 2.01. The van der Waals surface area contributed by atoms with Crippen LogP contribution in [0.2, 0.25) is 0 Å². The van der Waals surface area contributed by atoms with Gasteiger partial charge in [-0.2, -0.15) is 9.59 Å². The molecule has 76 valence electrons. The normalized spacial score (nSPS) is 22.1. The van der Waals surface area contributed by atoms with Crippen molar-refractivity contribution in [2.24, 2.45) is 5.41 Å². The summed E-state index contributed by atoms with van der Waals surface area (Å²) in [4.78, 5) is 18.6. The minimum absolute atomic E-state index is 0.250. The third kappa shape index (κ3) is 3.27. The van der Waals surface area contributed by atoms with Crippen LogP contribution in [-0.4, -0.2) is 44.4 Å². The van der Waals surface area contributed by atoms with Crippen LogP contribution in [0.3, 0.4) is 0 Å². The van der Waals surface area contributed by atoms with Gasteiger partial charge in [0.05, 0.1) is 13.2 Å². The van der Waals surface area contributed by atoms with E-state index in [0.717, 1.165) is 13.2 Å². The van der Waals surface area contributed by atoms with Crippen LogP contribution in [0.1, 0.15) is 13.8 Å². The molecular formula is C9H17NO3. The lowest BCUT2D eigenvalue weighted by atomic mass is 9.79. The molecule has 0 N–H and O–H groups in total. The third-order valence-corrected chi connectivity index (χ3v) is 2.03. The van der Waals surface area contributed by atoms with Gasteiger partial charge in [-0.3, -0.25) is 0 Å². The standard InChI is InChI=1S/C6H11NO.C2H6.CO2/c1-7-2-6(3-7)4-8-5-6;1-2;2-1-3/h2-5H2,1H3;1-2H3;. The summed E-state index contributed by atoms with van der Waals surface area (Å²) in [6.45, 7) is 8.54. The lowest BCUT2D eigenvalue weighted by Crippen LogP contribution is -2.64. The number of hydrogen-bond acceptors (Lipinski definition) is 4. The quantitative estimate of drug-likeness (QED) is 0.550. The summed E-state index contributed by atoms with van der Waals surface area (Å²) in [7, 11) is 2.16. The predicted octanol–water partition coefficient (Wildman–Crippen LogP) is 0.391. The van der Waals surface area contributed by atoms with Crippen LogP contribution < -0.4 is 0 Å². The lowest BCUT2D eigenvalue weighted by molar-refractivity contribution is -0.191. The van der Waals surface area contributed by atoms with Crippen LogP contribution in [-0.2, 0) is 14.3 Å². The van der Waals surface area contributed by atoms with E-state index >= 15 is 0 Å². The van der Waals surface area contributed by atoms with Crippen molar-refractivity contribution < 1.29 is 14.3 Å². The highest BCUT2D eigenvalue weighted by atomic mass is 16.5. The van der Waals surface area contributed by atoms with Crippen molar-refractivity contribution in [1.82, 2.24) is 4.90 Å². The summed E-state index contributed by atoms with van der Waals surface area (Å²) in [5, 5.41) is 0. The lowest BCUT2D eigenvalue weighted by Gasteiger charge is -2.53. The summed E-state index contributed by atoms with van der Waals surface area (Å²) in [5.41, 5.74) is 0.620. The van der Waals surface area contributed by atoms with E-state index < -0.39 is 0 Å². The second kappa shape index (κ2) is 5.86. The van der Waals surface area contributed by atoms with Crippen molar-refractivity contribution in [3.05, 3.63) is 0 Å². The summed E-state index contributed by atoms with van der Waals surface area (Å²) >= 11 is 0. The summed E-state index contributed by atoms with van der Waals surface area (Å²) < 4.78 is 5.10. The molecule has 13 heavy (non-hydrogen) atoms. The van der Waals surface area contributed by atoms with Crippen LogP contribution in [0, 0.1) is 5.41 Å². The largest absolute Gasteiger partial charge is 0.380 e. The van der Waals surface area contributed by atoms with E-state index in [4.69, 9.17) is 14.3 Å². The molecule has 0 aromatic heterocycles. The van der Waals surface area contributed by atoms with Crippen LogP contribution in [0.4, 0.5) is 0 Å². The molecule has 2 saturated heterocycles. The number of hydrogen-bond donors (Lipinski definition) is 0. The topological polar surface area (TPSA) is 46.6 Å². The number of likely N-dealkylation sites (tertiary alicyclic amines) is 1. The zero-order valence-electron chi connectivity index (χ0n) is 8.50. The zero-order chi connectivity index (χ0) is 10.3. The molecular weight excluding hydrogens is 170 g/mol. The van der Waals surface area contributed by atoms with Gasteiger partial charge in [0.25, 0.3) is 0 Å². The van der Waals surface area contributed by atoms with Crippen molar-refractivity contribution in [1.29, 1.82) is 0 Å². The van der Waals surface area contributed by atoms with Gasteiger partial charge in [0.2, 0.25) is 0 Å². The van der Waals surface area contributed by atoms with Gasteiger partial charge >= 0.3 is 6.15 Å². The Morgan fingerprint density at radius 1 is 1.23 bits per heavy atom. The van der Waals surface area contributed by atoms with Crippen LogP contribution >= 0.6 is 0 Å². The molecule has 0 unspecified atom stereocenters. The molecule has 2 aliphatic heterocycles. The van der Waals surface area contributed by atoms with Crippen molar-refractivity contribution in [3.8, 4) is 0 Å². The predicted molar refractivity (Wildman–Crippen MR) is 47.1 cm³/mol. The second-order valence-electron chi connectivity index (χ2n) is 3.25. The Balaban J connectivity index is 0.000000251. The molecule has 2 fully saturated rings. The Kier molecular flexibility index (Phi) is 5.55. The SMILES string of the molecule is CC.CN1CC2(COC2)C1.O=C=O. The van der Waals surface area contributed by atoms with Crippen molar-refractivity contribution in [3.63, 3.8) is 0 Å². The maximum absolute atomic E-state index is 8.12. The van der Waals surface area contributed by atoms with Crippen LogP contribution in [0.15, 0.2) is 0 Å². The summed E-state index contributed by atoms with van der Waals surface area (Å²) in [6.07, 6.45) is 0.250. The Morgan fingerprint density at radius 3 is 1.69 bits per heavy atom. The molecule has 0 aromatic carbocycles. The monoisotopic (exact) mass is 187 g/mol. The highest BCUT2D eigenvalue weighted by Gasteiger charge is 2.47. The number of nitrogens with zero attached hydrogens (tertiary/aromatic N) is 1. The van der Waals surface area contributed by atoms with Gasteiger partial charge in [-0.15, -0.1) is 0 Å². The van der Waals surface area contributed by atoms with Crippen molar-refractivity contribution >= 4 is 6.15 Å². The Hall–Kier alpha value is -0.700. The van der Waals surface area contributed by atoms with E-state index in [0.29, 0.717) is 5.41 Å². The van der Waals surface area contributed by atoms with Gasteiger partial charge < -0.3 is 9.64 Å². The number of rotatable bonds is 0. The molecule has 0 aromatic rings. The summed E-state index contributed by atoms with van der Waals surface area (Å²) in [5.74, 6) is 0. The molecule has 4 nitrogen and oxygen atoms in total. The molecule has 1 spiro atoms. The van der Waals surface area contributed by atoms with Gasteiger partial charge in [-0.1, -0.05) is 13.8 Å². The van der Waals surface area contributed by atoms with E-state index in [1.807, 2.05) is 13.8 Å². The number of carbonyl (C=O) groups excluding carboxylic acids is 2. The molecule has 0 saturated carbocycles. The van der Waals surface area contributed by atoms with E-state index in [1.54, 1.807) is 0 Å². The fourth-order valence-electron chi connectivity index (χ4n) is 1.67. The first-order valence-electron chi connectivity index (χ1n) is 4.48. The second-order valence-corrected chi connectivity index (χ2v) is 3.25. The Bertz CT molecular complexity index is 164. The van der Waals surface area contributed by atoms with Crippen molar-refractivity contribution in [2.75, 3.05) is 33.4 Å². The molecule has 0 aliphatic carbocycles. The van der Waals surface area contributed by atoms with Gasteiger partial charge in [0, 0.05) is 18.5 Å². The van der Waals surface area contributed by atoms with Gasteiger partial charge in [0.1, 0.15) is 0 Å².